The molecule has 92 valence electrons. The predicted octanol–water partition coefficient (Wildman–Crippen LogP) is 3.91. The van der Waals surface area contributed by atoms with Crippen molar-refractivity contribution in [2.24, 2.45) is 10.8 Å². The summed E-state index contributed by atoms with van der Waals surface area (Å²) in [5.74, 6) is 0. The van der Waals surface area contributed by atoms with Crippen LogP contribution in [0.4, 0.5) is 0 Å². The minimum atomic E-state index is -0.0245. The molecule has 0 atom stereocenters. The second-order valence-corrected chi connectivity index (χ2v) is 6.01. The Balaban J connectivity index is 2.38. The summed E-state index contributed by atoms with van der Waals surface area (Å²) in [4.78, 5) is 0. The fraction of sp³-hybridized carbons (Fsp3) is 0.929. The highest BCUT2D eigenvalue weighted by atomic mass is 16.5. The third-order valence-electron chi connectivity index (χ3n) is 4.05. The third kappa shape index (κ3) is 3.79. The van der Waals surface area contributed by atoms with Gasteiger partial charge in [0, 0.05) is 13.7 Å². The van der Waals surface area contributed by atoms with Gasteiger partial charge in [-0.1, -0.05) is 13.8 Å². The summed E-state index contributed by atoms with van der Waals surface area (Å²) in [7, 11) is 1.74. The molecular formula is C14H25NO. The zero-order valence-electron chi connectivity index (χ0n) is 11.0. The van der Waals surface area contributed by atoms with E-state index < -0.39 is 0 Å². The van der Waals surface area contributed by atoms with Gasteiger partial charge in [0.25, 0.3) is 0 Å². The monoisotopic (exact) mass is 223 g/mol. The van der Waals surface area contributed by atoms with Gasteiger partial charge in [0.05, 0.1) is 11.5 Å². The molecule has 0 N–H and O–H groups in total. The number of ether oxygens (including phenoxy) is 1. The van der Waals surface area contributed by atoms with Crippen molar-refractivity contribution >= 4 is 0 Å². The molecule has 0 unspecified atom stereocenters. The summed E-state index contributed by atoms with van der Waals surface area (Å²) in [5.41, 5.74) is 0.427. The molecule has 2 nitrogen and oxygen atoms in total. The van der Waals surface area contributed by atoms with E-state index in [0.29, 0.717) is 5.41 Å². The van der Waals surface area contributed by atoms with Crippen LogP contribution in [-0.4, -0.2) is 13.7 Å². The molecular weight excluding hydrogens is 198 g/mol. The van der Waals surface area contributed by atoms with E-state index in [0.717, 1.165) is 38.7 Å². The SMILES string of the molecule is COCCCCC1(C#N)CCC(C)(C)CC1. The van der Waals surface area contributed by atoms with Crippen molar-refractivity contribution in [3.8, 4) is 6.07 Å². The van der Waals surface area contributed by atoms with Crippen molar-refractivity contribution in [2.45, 2.75) is 58.8 Å². The Kier molecular flexibility index (Phi) is 4.80. The average molecular weight is 223 g/mol. The first-order valence-corrected chi connectivity index (χ1v) is 6.44. The second-order valence-electron chi connectivity index (χ2n) is 6.01. The topological polar surface area (TPSA) is 33.0 Å². The van der Waals surface area contributed by atoms with E-state index in [1.54, 1.807) is 7.11 Å². The molecule has 0 bridgehead atoms. The van der Waals surface area contributed by atoms with Crippen LogP contribution in [0.5, 0.6) is 0 Å². The molecule has 0 amide bonds. The van der Waals surface area contributed by atoms with E-state index in [4.69, 9.17) is 4.74 Å². The molecule has 0 aromatic carbocycles. The van der Waals surface area contributed by atoms with Crippen LogP contribution < -0.4 is 0 Å². The Morgan fingerprint density at radius 2 is 1.75 bits per heavy atom. The van der Waals surface area contributed by atoms with Crippen LogP contribution >= 0.6 is 0 Å². The van der Waals surface area contributed by atoms with E-state index in [1.165, 1.54) is 12.8 Å². The van der Waals surface area contributed by atoms with Gasteiger partial charge in [0.2, 0.25) is 0 Å². The van der Waals surface area contributed by atoms with Crippen molar-refractivity contribution in [1.82, 2.24) is 0 Å². The Morgan fingerprint density at radius 3 is 2.25 bits per heavy atom. The standard InChI is InChI=1S/C14H25NO/c1-13(2)7-9-14(12-15,10-8-13)6-4-5-11-16-3/h4-11H2,1-3H3. The predicted molar refractivity (Wildman–Crippen MR) is 66.0 cm³/mol. The van der Waals surface area contributed by atoms with Crippen LogP contribution in [0.15, 0.2) is 0 Å². The normalized spacial score (nSPS) is 22.6. The van der Waals surface area contributed by atoms with Crippen molar-refractivity contribution in [2.75, 3.05) is 13.7 Å². The molecule has 1 aliphatic carbocycles. The number of hydrogen-bond acceptors (Lipinski definition) is 2. The number of nitriles is 1. The van der Waals surface area contributed by atoms with Gasteiger partial charge in [-0.05, 0) is 50.4 Å². The maximum Gasteiger partial charge on any atom is 0.0689 e. The average Bonchev–Trinajstić information content (AvgIpc) is 2.27. The molecule has 1 saturated carbocycles. The van der Waals surface area contributed by atoms with Crippen LogP contribution in [0, 0.1) is 22.2 Å². The van der Waals surface area contributed by atoms with E-state index >= 15 is 0 Å². The van der Waals surface area contributed by atoms with Gasteiger partial charge in [-0.15, -0.1) is 0 Å². The quantitative estimate of drug-likeness (QED) is 0.662. The van der Waals surface area contributed by atoms with E-state index in [-0.39, 0.29) is 5.41 Å². The summed E-state index contributed by atoms with van der Waals surface area (Å²) in [6, 6.07) is 2.59. The Hall–Kier alpha value is -0.550. The molecule has 0 aliphatic heterocycles. The highest BCUT2D eigenvalue weighted by molar-refractivity contribution is 5.02. The van der Waals surface area contributed by atoms with Crippen molar-refractivity contribution in [1.29, 1.82) is 5.26 Å². The van der Waals surface area contributed by atoms with E-state index in [1.807, 2.05) is 0 Å². The number of unbranched alkanes of at least 4 members (excludes halogenated alkanes) is 1. The first-order chi connectivity index (χ1) is 7.54. The Labute approximate surface area is 100.0 Å². The lowest BCUT2D eigenvalue weighted by Crippen LogP contribution is -2.30. The highest BCUT2D eigenvalue weighted by Crippen LogP contribution is 2.47. The minimum absolute atomic E-state index is 0.0245. The molecule has 0 spiro atoms. The van der Waals surface area contributed by atoms with Crippen molar-refractivity contribution < 1.29 is 4.74 Å². The van der Waals surface area contributed by atoms with Gasteiger partial charge < -0.3 is 4.74 Å². The number of rotatable bonds is 5. The van der Waals surface area contributed by atoms with Gasteiger partial charge in [-0.2, -0.15) is 5.26 Å². The largest absolute Gasteiger partial charge is 0.385 e. The van der Waals surface area contributed by atoms with Crippen LogP contribution in [0.1, 0.15) is 58.8 Å². The third-order valence-corrected chi connectivity index (χ3v) is 4.05. The molecule has 2 heteroatoms. The zero-order chi connectivity index (χ0) is 12.1. The summed E-state index contributed by atoms with van der Waals surface area (Å²) in [6.45, 7) is 5.46. The minimum Gasteiger partial charge on any atom is -0.385 e. The highest BCUT2D eigenvalue weighted by Gasteiger charge is 2.37. The fourth-order valence-electron chi connectivity index (χ4n) is 2.53. The molecule has 0 aromatic heterocycles. The number of methoxy groups -OCH3 is 1. The maximum absolute atomic E-state index is 9.39. The van der Waals surface area contributed by atoms with Gasteiger partial charge in [-0.3, -0.25) is 0 Å². The van der Waals surface area contributed by atoms with Crippen LogP contribution in [-0.2, 0) is 4.74 Å². The smallest absolute Gasteiger partial charge is 0.0689 e. The molecule has 0 saturated heterocycles. The second kappa shape index (κ2) is 5.68. The lowest BCUT2D eigenvalue weighted by molar-refractivity contribution is 0.130. The summed E-state index contributed by atoms with van der Waals surface area (Å²) >= 11 is 0. The van der Waals surface area contributed by atoms with Crippen LogP contribution in [0.25, 0.3) is 0 Å². The zero-order valence-corrected chi connectivity index (χ0v) is 11.0. The first-order valence-electron chi connectivity index (χ1n) is 6.44. The number of hydrogen-bond donors (Lipinski definition) is 0. The lowest BCUT2D eigenvalue weighted by Gasteiger charge is -2.39. The lowest BCUT2D eigenvalue weighted by atomic mass is 9.64. The summed E-state index contributed by atoms with van der Waals surface area (Å²) < 4.78 is 5.05. The molecule has 0 radical (unpaired) electrons. The molecule has 0 aromatic rings. The van der Waals surface area contributed by atoms with E-state index in [2.05, 4.69) is 19.9 Å². The van der Waals surface area contributed by atoms with Gasteiger partial charge in [0.15, 0.2) is 0 Å². The van der Waals surface area contributed by atoms with Gasteiger partial charge in [-0.25, -0.2) is 0 Å². The fourth-order valence-corrected chi connectivity index (χ4v) is 2.53. The van der Waals surface area contributed by atoms with Crippen molar-refractivity contribution in [3.63, 3.8) is 0 Å². The molecule has 16 heavy (non-hydrogen) atoms. The van der Waals surface area contributed by atoms with E-state index in [9.17, 15) is 5.26 Å². The number of nitrogens with zero attached hydrogens (tertiary/aromatic N) is 1. The van der Waals surface area contributed by atoms with Gasteiger partial charge >= 0.3 is 0 Å². The Morgan fingerprint density at radius 1 is 1.12 bits per heavy atom. The molecule has 1 aliphatic rings. The first kappa shape index (κ1) is 13.5. The molecule has 0 heterocycles. The van der Waals surface area contributed by atoms with Crippen LogP contribution in [0.2, 0.25) is 0 Å². The van der Waals surface area contributed by atoms with Crippen molar-refractivity contribution in [3.05, 3.63) is 0 Å². The van der Waals surface area contributed by atoms with Gasteiger partial charge in [0.1, 0.15) is 0 Å². The molecule has 1 rings (SSSR count). The Bertz CT molecular complexity index is 242. The summed E-state index contributed by atoms with van der Waals surface area (Å²) in [5, 5.41) is 9.39. The molecule has 1 fully saturated rings. The summed E-state index contributed by atoms with van der Waals surface area (Å²) in [6.07, 6.45) is 7.84. The van der Waals surface area contributed by atoms with Crippen LogP contribution in [0.3, 0.4) is 0 Å². The maximum atomic E-state index is 9.39.